The van der Waals surface area contributed by atoms with Crippen molar-refractivity contribution in [1.29, 1.82) is 0 Å². The highest BCUT2D eigenvalue weighted by Gasteiger charge is 2.26. The Bertz CT molecular complexity index is 810. The van der Waals surface area contributed by atoms with Crippen molar-refractivity contribution in [3.05, 3.63) is 59.2 Å². The standard InChI is InChI=1S/C24H30N2O2/c1-2-28-21-11-8-19(9-12-21)10-13-24(27)26-17-14-22-20(6-5-7-23(22)26)18-25-15-3-4-16-25/h5-9,11-12H,2-4,10,13-18H2,1H3. The fraction of sp³-hybridized carbons (Fsp3) is 0.458. The molecule has 2 aromatic carbocycles. The van der Waals surface area contributed by atoms with Gasteiger partial charge >= 0.3 is 0 Å². The summed E-state index contributed by atoms with van der Waals surface area (Å²) in [6, 6.07) is 14.6. The normalized spacial score (nSPS) is 16.4. The van der Waals surface area contributed by atoms with Gasteiger partial charge in [0.1, 0.15) is 5.75 Å². The van der Waals surface area contributed by atoms with Gasteiger partial charge in [0, 0.05) is 25.2 Å². The predicted molar refractivity (Wildman–Crippen MR) is 113 cm³/mol. The van der Waals surface area contributed by atoms with Crippen LogP contribution in [0.3, 0.4) is 0 Å². The van der Waals surface area contributed by atoms with E-state index in [1.807, 2.05) is 24.0 Å². The largest absolute Gasteiger partial charge is 0.494 e. The molecule has 28 heavy (non-hydrogen) atoms. The molecule has 1 saturated heterocycles. The Morgan fingerprint density at radius 3 is 2.57 bits per heavy atom. The molecule has 0 unspecified atom stereocenters. The highest BCUT2D eigenvalue weighted by molar-refractivity contribution is 5.95. The Morgan fingerprint density at radius 1 is 1.04 bits per heavy atom. The second-order valence-electron chi connectivity index (χ2n) is 7.77. The average Bonchev–Trinajstić information content (AvgIpc) is 3.38. The molecule has 0 aliphatic carbocycles. The Hall–Kier alpha value is -2.33. The van der Waals surface area contributed by atoms with E-state index in [1.165, 1.54) is 42.6 Å². The van der Waals surface area contributed by atoms with Crippen LogP contribution in [-0.2, 0) is 24.2 Å². The first kappa shape index (κ1) is 19.0. The molecule has 0 aromatic heterocycles. The van der Waals surface area contributed by atoms with Crippen LogP contribution in [0, 0.1) is 0 Å². The van der Waals surface area contributed by atoms with Crippen molar-refractivity contribution >= 4 is 11.6 Å². The number of nitrogens with zero attached hydrogens (tertiary/aromatic N) is 2. The van der Waals surface area contributed by atoms with Crippen molar-refractivity contribution in [2.45, 2.75) is 45.6 Å². The summed E-state index contributed by atoms with van der Waals surface area (Å²) < 4.78 is 5.49. The van der Waals surface area contributed by atoms with Gasteiger partial charge in [-0.15, -0.1) is 0 Å². The summed E-state index contributed by atoms with van der Waals surface area (Å²) in [4.78, 5) is 17.4. The Balaban J connectivity index is 1.38. The molecular formula is C24H30N2O2. The molecule has 1 fully saturated rings. The summed E-state index contributed by atoms with van der Waals surface area (Å²) in [5.41, 5.74) is 5.09. The Kier molecular flexibility index (Phi) is 5.96. The van der Waals surface area contributed by atoms with Crippen LogP contribution >= 0.6 is 0 Å². The molecule has 2 heterocycles. The minimum Gasteiger partial charge on any atom is -0.494 e. The first-order valence-electron chi connectivity index (χ1n) is 10.6. The molecule has 4 heteroatoms. The zero-order valence-electron chi connectivity index (χ0n) is 16.8. The van der Waals surface area contributed by atoms with E-state index in [0.717, 1.165) is 37.4 Å². The molecule has 0 atom stereocenters. The third kappa shape index (κ3) is 4.22. The van der Waals surface area contributed by atoms with Crippen LogP contribution in [0.4, 0.5) is 5.69 Å². The van der Waals surface area contributed by atoms with E-state index in [2.05, 4.69) is 35.2 Å². The number of carbonyl (C=O) groups is 1. The summed E-state index contributed by atoms with van der Waals surface area (Å²) in [6.07, 6.45) is 4.92. The van der Waals surface area contributed by atoms with E-state index in [-0.39, 0.29) is 5.91 Å². The highest BCUT2D eigenvalue weighted by Crippen LogP contribution is 2.32. The maximum Gasteiger partial charge on any atom is 0.227 e. The molecule has 2 aliphatic rings. The minimum atomic E-state index is 0.228. The number of ether oxygens (including phenoxy) is 1. The first-order chi connectivity index (χ1) is 13.7. The minimum absolute atomic E-state index is 0.228. The zero-order valence-corrected chi connectivity index (χ0v) is 16.8. The van der Waals surface area contributed by atoms with Gasteiger partial charge in [0.2, 0.25) is 5.91 Å². The third-order valence-electron chi connectivity index (χ3n) is 5.88. The summed E-state index contributed by atoms with van der Waals surface area (Å²) in [7, 11) is 0. The lowest BCUT2D eigenvalue weighted by Gasteiger charge is -2.20. The van der Waals surface area contributed by atoms with Crippen LogP contribution < -0.4 is 9.64 Å². The van der Waals surface area contributed by atoms with Crippen molar-refractivity contribution < 1.29 is 9.53 Å². The number of benzene rings is 2. The SMILES string of the molecule is CCOc1ccc(CCC(=O)N2CCc3c(CN4CCCC4)cccc32)cc1. The van der Waals surface area contributed by atoms with E-state index < -0.39 is 0 Å². The molecule has 2 aromatic rings. The molecule has 4 rings (SSSR count). The van der Waals surface area contributed by atoms with Gasteiger partial charge in [-0.25, -0.2) is 0 Å². The smallest absolute Gasteiger partial charge is 0.227 e. The van der Waals surface area contributed by atoms with Gasteiger partial charge in [0.25, 0.3) is 0 Å². The molecular weight excluding hydrogens is 348 g/mol. The fourth-order valence-electron chi connectivity index (χ4n) is 4.40. The van der Waals surface area contributed by atoms with Crippen molar-refractivity contribution in [1.82, 2.24) is 4.90 Å². The summed E-state index contributed by atoms with van der Waals surface area (Å²) in [5.74, 6) is 1.11. The number of hydrogen-bond donors (Lipinski definition) is 0. The average molecular weight is 379 g/mol. The molecule has 1 amide bonds. The predicted octanol–water partition coefficient (Wildman–Crippen LogP) is 4.20. The van der Waals surface area contributed by atoms with Crippen molar-refractivity contribution in [2.75, 3.05) is 31.1 Å². The molecule has 0 N–H and O–H groups in total. The van der Waals surface area contributed by atoms with Crippen molar-refractivity contribution in [3.63, 3.8) is 0 Å². The number of fused-ring (bicyclic) bond motifs is 1. The number of hydrogen-bond acceptors (Lipinski definition) is 3. The van der Waals surface area contributed by atoms with Crippen LogP contribution in [0.25, 0.3) is 0 Å². The summed E-state index contributed by atoms with van der Waals surface area (Å²) in [5, 5.41) is 0. The van der Waals surface area contributed by atoms with E-state index in [1.54, 1.807) is 0 Å². The van der Waals surface area contributed by atoms with Gasteiger partial charge in [-0.1, -0.05) is 24.3 Å². The number of aryl methyl sites for hydroxylation is 1. The summed E-state index contributed by atoms with van der Waals surface area (Å²) >= 11 is 0. The third-order valence-corrected chi connectivity index (χ3v) is 5.88. The van der Waals surface area contributed by atoms with Crippen molar-refractivity contribution in [3.8, 4) is 5.75 Å². The van der Waals surface area contributed by atoms with Crippen LogP contribution in [-0.4, -0.2) is 37.0 Å². The second-order valence-corrected chi connectivity index (χ2v) is 7.77. The Labute approximate surface area is 168 Å². The van der Waals surface area contributed by atoms with E-state index in [9.17, 15) is 4.79 Å². The molecule has 148 valence electrons. The lowest BCUT2D eigenvalue weighted by molar-refractivity contribution is -0.118. The van der Waals surface area contributed by atoms with Gasteiger partial charge in [-0.05, 0) is 80.6 Å². The molecule has 0 bridgehead atoms. The highest BCUT2D eigenvalue weighted by atomic mass is 16.5. The van der Waals surface area contributed by atoms with Gasteiger partial charge < -0.3 is 9.64 Å². The Morgan fingerprint density at radius 2 is 1.82 bits per heavy atom. The lowest BCUT2D eigenvalue weighted by Crippen LogP contribution is -2.29. The van der Waals surface area contributed by atoms with E-state index in [4.69, 9.17) is 4.74 Å². The fourth-order valence-corrected chi connectivity index (χ4v) is 4.40. The molecule has 2 aliphatic heterocycles. The van der Waals surface area contributed by atoms with Gasteiger partial charge in [-0.3, -0.25) is 9.69 Å². The number of anilines is 1. The van der Waals surface area contributed by atoms with Crippen LogP contribution in [0.5, 0.6) is 5.75 Å². The maximum atomic E-state index is 12.9. The lowest BCUT2D eigenvalue weighted by atomic mass is 10.0. The van der Waals surface area contributed by atoms with E-state index >= 15 is 0 Å². The quantitative estimate of drug-likeness (QED) is 0.724. The monoisotopic (exact) mass is 378 g/mol. The zero-order chi connectivity index (χ0) is 19.3. The first-order valence-corrected chi connectivity index (χ1v) is 10.6. The number of rotatable bonds is 7. The number of likely N-dealkylation sites (tertiary alicyclic amines) is 1. The molecule has 4 nitrogen and oxygen atoms in total. The van der Waals surface area contributed by atoms with Gasteiger partial charge in [0.15, 0.2) is 0 Å². The summed E-state index contributed by atoms with van der Waals surface area (Å²) in [6.45, 7) is 6.90. The topological polar surface area (TPSA) is 32.8 Å². The van der Waals surface area contributed by atoms with Gasteiger partial charge in [0.05, 0.1) is 6.61 Å². The van der Waals surface area contributed by atoms with Gasteiger partial charge in [-0.2, -0.15) is 0 Å². The second kappa shape index (κ2) is 8.78. The van der Waals surface area contributed by atoms with Crippen LogP contribution in [0.15, 0.2) is 42.5 Å². The molecule has 0 spiro atoms. The number of carbonyl (C=O) groups excluding carboxylic acids is 1. The molecule has 0 radical (unpaired) electrons. The van der Waals surface area contributed by atoms with Crippen molar-refractivity contribution in [2.24, 2.45) is 0 Å². The van der Waals surface area contributed by atoms with E-state index in [0.29, 0.717) is 13.0 Å². The molecule has 0 saturated carbocycles. The maximum absolute atomic E-state index is 12.9. The number of amides is 1. The van der Waals surface area contributed by atoms with Crippen LogP contribution in [0.1, 0.15) is 42.9 Å². The van der Waals surface area contributed by atoms with Crippen LogP contribution in [0.2, 0.25) is 0 Å².